The minimum Gasteiger partial charge on any atom is -0.462 e. The summed E-state index contributed by atoms with van der Waals surface area (Å²) in [5.74, 6) is -1.54. The van der Waals surface area contributed by atoms with E-state index in [1.54, 1.807) is 0 Å². The monoisotopic (exact) mass is 1030 g/mol. The highest BCUT2D eigenvalue weighted by Crippen LogP contribution is 2.43. The largest absolute Gasteiger partial charge is 0.472 e. The number of rotatable bonds is 50. The van der Waals surface area contributed by atoms with E-state index in [0.29, 0.717) is 19.3 Å². The van der Waals surface area contributed by atoms with E-state index < -0.39 is 57.8 Å². The molecule has 2 N–H and O–H groups in total. The molecule has 0 fully saturated rings. The molecular formula is C60H99O11P. The number of aliphatic hydroxyl groups is 1. The Kier molecular flexibility index (Phi) is 50.6. The Labute approximate surface area is 437 Å². The lowest BCUT2D eigenvalue weighted by molar-refractivity contribution is -0.161. The van der Waals surface area contributed by atoms with Gasteiger partial charge in [0, 0.05) is 19.3 Å². The van der Waals surface area contributed by atoms with Gasteiger partial charge in [-0.05, 0) is 116 Å². The first-order chi connectivity index (χ1) is 35.2. The van der Waals surface area contributed by atoms with Crippen LogP contribution in [0.25, 0.3) is 0 Å². The number of phosphoric acid groups is 1. The van der Waals surface area contributed by atoms with Gasteiger partial charge in [0.1, 0.15) is 12.7 Å². The Morgan fingerprint density at radius 2 is 0.722 bits per heavy atom. The lowest BCUT2D eigenvalue weighted by Gasteiger charge is -2.21. The number of phosphoric ester groups is 1. The smallest absolute Gasteiger partial charge is 0.462 e. The first-order valence-corrected chi connectivity index (χ1v) is 29.3. The zero-order valence-electron chi connectivity index (χ0n) is 45.1. The van der Waals surface area contributed by atoms with Crippen LogP contribution in [-0.4, -0.2) is 66.5 Å². The molecule has 3 atom stereocenters. The standard InChI is InChI=1S/C60H99O11P/c1-4-7-10-13-16-19-22-24-26-28-30-32-35-37-40-43-46-49-58(62)67-53-57(71-60(64)51-48-45-42-39-36-33-31-29-27-25-23-20-17-14-11-8-5-2)55-69-72(65,66)68-54-56(52-61)70-59(63)50-47-44-41-38-34-21-18-15-12-9-6-3/h7-8,10-11,15-20,24-27,30-33,56-57,61H,4-6,9,12-14,21-23,28-29,34-55H2,1-3H3,(H,65,66)/b10-7-,11-8-,18-15-,19-16-,20-17-,26-24-,27-25-,32-30-,33-31-. The first kappa shape index (κ1) is 68.1. The Balaban J connectivity index is 4.85. The normalized spacial score (nSPS) is 14.2. The number of hydrogen-bond acceptors (Lipinski definition) is 10. The molecule has 12 heteroatoms. The molecule has 0 saturated heterocycles. The summed E-state index contributed by atoms with van der Waals surface area (Å²) < 4.78 is 39.4. The molecular weight excluding hydrogens is 928 g/mol. The van der Waals surface area contributed by atoms with Crippen LogP contribution in [0, 0.1) is 0 Å². The van der Waals surface area contributed by atoms with E-state index in [1.165, 1.54) is 12.8 Å². The molecule has 0 aromatic carbocycles. The van der Waals surface area contributed by atoms with Crippen molar-refractivity contribution in [1.29, 1.82) is 0 Å². The van der Waals surface area contributed by atoms with Gasteiger partial charge in [0.15, 0.2) is 6.10 Å². The predicted molar refractivity (Wildman–Crippen MR) is 297 cm³/mol. The topological polar surface area (TPSA) is 155 Å². The molecule has 0 bridgehead atoms. The molecule has 11 nitrogen and oxygen atoms in total. The first-order valence-electron chi connectivity index (χ1n) is 27.8. The average Bonchev–Trinajstić information content (AvgIpc) is 3.37. The summed E-state index contributed by atoms with van der Waals surface area (Å²) in [6, 6.07) is 0. The Morgan fingerprint density at radius 3 is 1.12 bits per heavy atom. The van der Waals surface area contributed by atoms with Gasteiger partial charge in [0.2, 0.25) is 0 Å². The van der Waals surface area contributed by atoms with Crippen LogP contribution in [0.5, 0.6) is 0 Å². The SMILES string of the molecule is CC/C=C\C/C=C\C/C=C\C/C=C\CCCCCCC(=O)OCC(COP(=O)(O)OCC(CO)OC(=O)CCCCCCC/C=C\CCCC)OC(=O)CCCCCC/C=C\C/C=C\C/C=C\C/C=C\CC. The molecule has 0 aliphatic carbocycles. The number of aliphatic hydroxyl groups excluding tert-OH is 1. The molecule has 0 rings (SSSR count). The summed E-state index contributed by atoms with van der Waals surface area (Å²) in [4.78, 5) is 48.4. The van der Waals surface area contributed by atoms with Crippen molar-refractivity contribution in [3.05, 3.63) is 109 Å². The van der Waals surface area contributed by atoms with Crippen LogP contribution in [0.4, 0.5) is 0 Å². The van der Waals surface area contributed by atoms with Crippen molar-refractivity contribution in [3.8, 4) is 0 Å². The predicted octanol–water partition coefficient (Wildman–Crippen LogP) is 16.2. The summed E-state index contributed by atoms with van der Waals surface area (Å²) in [6.45, 7) is 4.29. The number of carbonyl (C=O) groups excluding carboxylic acids is 3. The number of esters is 3. The lowest BCUT2D eigenvalue weighted by Crippen LogP contribution is -2.30. The minimum absolute atomic E-state index is 0.128. The van der Waals surface area contributed by atoms with Gasteiger partial charge >= 0.3 is 25.7 Å². The number of unbranched alkanes of at least 4 members (excludes halogenated alkanes) is 15. The Bertz CT molecular complexity index is 1620. The van der Waals surface area contributed by atoms with Crippen molar-refractivity contribution in [1.82, 2.24) is 0 Å². The summed E-state index contributed by atoms with van der Waals surface area (Å²) >= 11 is 0. The lowest BCUT2D eigenvalue weighted by atomic mass is 10.1. The third-order valence-electron chi connectivity index (χ3n) is 11.2. The minimum atomic E-state index is -4.76. The number of allylic oxidation sites excluding steroid dienone is 18. The van der Waals surface area contributed by atoms with Crippen molar-refractivity contribution in [2.45, 2.75) is 226 Å². The quantitative estimate of drug-likeness (QED) is 0.0197. The highest BCUT2D eigenvalue weighted by atomic mass is 31.2. The summed E-state index contributed by atoms with van der Waals surface area (Å²) in [6.07, 6.45) is 63.4. The number of hydrogen-bond donors (Lipinski definition) is 2. The Morgan fingerprint density at radius 1 is 0.403 bits per heavy atom. The van der Waals surface area contributed by atoms with E-state index >= 15 is 0 Å². The average molecular weight is 1030 g/mol. The van der Waals surface area contributed by atoms with Crippen LogP contribution in [0.15, 0.2) is 109 Å². The molecule has 0 radical (unpaired) electrons. The van der Waals surface area contributed by atoms with E-state index in [-0.39, 0.29) is 25.9 Å². The highest BCUT2D eigenvalue weighted by Gasteiger charge is 2.28. The molecule has 0 saturated carbocycles. The van der Waals surface area contributed by atoms with E-state index in [1.807, 2.05) is 0 Å². The van der Waals surface area contributed by atoms with Gasteiger partial charge in [-0.3, -0.25) is 23.4 Å². The summed E-state index contributed by atoms with van der Waals surface area (Å²) in [5.41, 5.74) is 0. The van der Waals surface area contributed by atoms with Gasteiger partial charge in [-0.15, -0.1) is 0 Å². The maximum atomic E-state index is 12.9. The third kappa shape index (κ3) is 51.1. The van der Waals surface area contributed by atoms with Crippen molar-refractivity contribution in [2.75, 3.05) is 26.4 Å². The fraction of sp³-hybridized carbons (Fsp3) is 0.650. The maximum absolute atomic E-state index is 12.9. The van der Waals surface area contributed by atoms with Crippen LogP contribution in [0.2, 0.25) is 0 Å². The second-order valence-electron chi connectivity index (χ2n) is 18.0. The zero-order valence-corrected chi connectivity index (χ0v) is 46.0. The van der Waals surface area contributed by atoms with Gasteiger partial charge in [-0.25, -0.2) is 4.57 Å². The van der Waals surface area contributed by atoms with Crippen LogP contribution in [0.1, 0.15) is 213 Å². The number of ether oxygens (including phenoxy) is 3. The van der Waals surface area contributed by atoms with Gasteiger partial charge in [0.25, 0.3) is 0 Å². The molecule has 72 heavy (non-hydrogen) atoms. The zero-order chi connectivity index (χ0) is 52.7. The fourth-order valence-electron chi connectivity index (χ4n) is 6.96. The summed E-state index contributed by atoms with van der Waals surface area (Å²) in [5, 5.41) is 9.78. The van der Waals surface area contributed by atoms with Gasteiger partial charge < -0.3 is 24.2 Å². The molecule has 0 aromatic rings. The summed E-state index contributed by atoms with van der Waals surface area (Å²) in [7, 11) is -4.76. The maximum Gasteiger partial charge on any atom is 0.472 e. The van der Waals surface area contributed by atoms with Gasteiger partial charge in [-0.2, -0.15) is 0 Å². The fourth-order valence-corrected chi connectivity index (χ4v) is 7.75. The van der Waals surface area contributed by atoms with E-state index in [2.05, 4.69) is 130 Å². The van der Waals surface area contributed by atoms with Crippen LogP contribution >= 0.6 is 7.82 Å². The van der Waals surface area contributed by atoms with Crippen LogP contribution in [0.3, 0.4) is 0 Å². The van der Waals surface area contributed by atoms with Crippen LogP contribution < -0.4 is 0 Å². The molecule has 0 aliphatic rings. The van der Waals surface area contributed by atoms with Crippen LogP contribution in [-0.2, 0) is 42.2 Å². The molecule has 3 unspecified atom stereocenters. The molecule has 0 spiro atoms. The van der Waals surface area contributed by atoms with Crippen molar-refractivity contribution >= 4 is 25.7 Å². The Hall–Kier alpha value is -3.86. The van der Waals surface area contributed by atoms with Crippen molar-refractivity contribution in [3.63, 3.8) is 0 Å². The second kappa shape index (κ2) is 53.4. The highest BCUT2D eigenvalue weighted by molar-refractivity contribution is 7.47. The van der Waals surface area contributed by atoms with E-state index in [9.17, 15) is 28.9 Å². The molecule has 0 amide bonds. The molecule has 0 aliphatic heterocycles. The van der Waals surface area contributed by atoms with Gasteiger partial charge in [0.05, 0.1) is 19.8 Å². The van der Waals surface area contributed by atoms with Crippen molar-refractivity contribution in [2.24, 2.45) is 0 Å². The molecule has 0 aromatic heterocycles. The third-order valence-corrected chi connectivity index (χ3v) is 12.1. The molecule has 410 valence electrons. The number of carbonyl (C=O) groups is 3. The second-order valence-corrected chi connectivity index (χ2v) is 19.4. The molecule has 0 heterocycles. The van der Waals surface area contributed by atoms with E-state index in [0.717, 1.165) is 141 Å². The van der Waals surface area contributed by atoms with E-state index in [4.69, 9.17) is 23.3 Å². The van der Waals surface area contributed by atoms with Gasteiger partial charge in [-0.1, -0.05) is 188 Å². The van der Waals surface area contributed by atoms with Crippen molar-refractivity contribution < 1.29 is 52.2 Å².